The van der Waals surface area contributed by atoms with E-state index in [4.69, 9.17) is 0 Å². The normalized spacial score (nSPS) is 13.9. The van der Waals surface area contributed by atoms with E-state index in [9.17, 15) is 9.59 Å². The minimum Gasteiger partial charge on any atom is -0.385 e. The van der Waals surface area contributed by atoms with E-state index < -0.39 is 0 Å². The summed E-state index contributed by atoms with van der Waals surface area (Å²) in [6.07, 6.45) is 2.05. The van der Waals surface area contributed by atoms with Crippen LogP contribution in [-0.4, -0.2) is 49.9 Å². The van der Waals surface area contributed by atoms with Crippen molar-refractivity contribution < 1.29 is 9.59 Å². The average Bonchev–Trinajstić information content (AvgIpc) is 2.92. The van der Waals surface area contributed by atoms with Gasteiger partial charge in [-0.1, -0.05) is 18.2 Å². The fraction of sp³-hybridized carbons (Fsp3) is 0.333. The number of likely N-dealkylation sites (N-methyl/N-ethyl adjacent to an activating group) is 1. The first-order valence-electron chi connectivity index (χ1n) is 12.9. The van der Waals surface area contributed by atoms with Crippen molar-refractivity contribution in [2.45, 2.75) is 38.9 Å². The smallest absolute Gasteiger partial charge is 0.255 e. The first-order valence-corrected chi connectivity index (χ1v) is 12.9. The molecule has 1 unspecified atom stereocenters. The summed E-state index contributed by atoms with van der Waals surface area (Å²) in [5, 5.41) is 12.6. The van der Waals surface area contributed by atoms with Crippen LogP contribution >= 0.6 is 0 Å². The number of carbonyl (C=O) groups is 2. The number of anilines is 2. The quantitative estimate of drug-likeness (QED) is 0.335. The highest BCUT2D eigenvalue weighted by Crippen LogP contribution is 2.22. The third kappa shape index (κ3) is 7.41. The van der Waals surface area contributed by atoms with Crippen LogP contribution in [0.5, 0.6) is 0 Å². The zero-order chi connectivity index (χ0) is 26.2. The van der Waals surface area contributed by atoms with Crippen molar-refractivity contribution in [3.05, 3.63) is 94.5 Å². The van der Waals surface area contributed by atoms with Gasteiger partial charge in [-0.3, -0.25) is 9.59 Å². The van der Waals surface area contributed by atoms with Crippen LogP contribution in [0.15, 0.2) is 66.7 Å². The van der Waals surface area contributed by atoms with Gasteiger partial charge in [-0.05, 0) is 99.1 Å². The molecule has 0 bridgehead atoms. The molecule has 4 N–H and O–H groups in total. The maximum absolute atomic E-state index is 12.9. The van der Waals surface area contributed by atoms with Crippen molar-refractivity contribution in [3.63, 3.8) is 0 Å². The SMILES string of the molecule is CNC(C)CCNc1ccc(C(=O)NCc2cccc(C(=O)Nc3ccc4c(c3)CN(C)CC4)c2)cc1. The first-order chi connectivity index (χ1) is 17.9. The van der Waals surface area contributed by atoms with Gasteiger partial charge in [0.05, 0.1) is 0 Å². The Kier molecular flexibility index (Phi) is 8.93. The summed E-state index contributed by atoms with van der Waals surface area (Å²) in [6.45, 7) is 5.30. The monoisotopic (exact) mass is 499 g/mol. The molecule has 1 atom stereocenters. The summed E-state index contributed by atoms with van der Waals surface area (Å²) >= 11 is 0. The fourth-order valence-corrected chi connectivity index (χ4v) is 4.40. The molecule has 0 aromatic heterocycles. The van der Waals surface area contributed by atoms with Gasteiger partial charge in [-0.25, -0.2) is 0 Å². The predicted octanol–water partition coefficient (Wildman–Crippen LogP) is 4.27. The zero-order valence-electron chi connectivity index (χ0n) is 21.9. The Hall–Kier alpha value is -3.68. The molecule has 0 saturated heterocycles. The number of amides is 2. The average molecular weight is 500 g/mol. The fourth-order valence-electron chi connectivity index (χ4n) is 4.40. The van der Waals surface area contributed by atoms with Crippen LogP contribution in [0.25, 0.3) is 0 Å². The lowest BCUT2D eigenvalue weighted by atomic mass is 9.99. The lowest BCUT2D eigenvalue weighted by Gasteiger charge is -2.25. The second-order valence-electron chi connectivity index (χ2n) is 9.79. The van der Waals surface area contributed by atoms with E-state index in [2.05, 4.69) is 52.3 Å². The van der Waals surface area contributed by atoms with Gasteiger partial charge >= 0.3 is 0 Å². The van der Waals surface area contributed by atoms with E-state index in [1.54, 1.807) is 6.07 Å². The largest absolute Gasteiger partial charge is 0.385 e. The van der Waals surface area contributed by atoms with Gasteiger partial charge < -0.3 is 26.2 Å². The Labute approximate surface area is 219 Å². The van der Waals surface area contributed by atoms with Crippen LogP contribution in [0.1, 0.15) is 50.8 Å². The maximum atomic E-state index is 12.9. The van der Waals surface area contributed by atoms with Crippen LogP contribution in [0, 0.1) is 0 Å². The topological polar surface area (TPSA) is 85.5 Å². The van der Waals surface area contributed by atoms with E-state index in [1.165, 1.54) is 11.1 Å². The Bertz CT molecular complexity index is 1220. The zero-order valence-corrected chi connectivity index (χ0v) is 21.9. The second-order valence-corrected chi connectivity index (χ2v) is 9.79. The molecule has 0 fully saturated rings. The number of rotatable bonds is 10. The highest BCUT2D eigenvalue weighted by Gasteiger charge is 2.15. The summed E-state index contributed by atoms with van der Waals surface area (Å²) in [5.74, 6) is -0.311. The molecular formula is C30H37N5O2. The minimum absolute atomic E-state index is 0.149. The third-order valence-electron chi connectivity index (χ3n) is 6.86. The Morgan fingerprint density at radius 1 is 0.919 bits per heavy atom. The van der Waals surface area contributed by atoms with E-state index in [0.717, 1.165) is 49.4 Å². The molecule has 3 aromatic carbocycles. The van der Waals surface area contributed by atoms with E-state index in [1.807, 2.05) is 55.6 Å². The van der Waals surface area contributed by atoms with Gasteiger partial charge in [0.25, 0.3) is 11.8 Å². The van der Waals surface area contributed by atoms with Crippen molar-refractivity contribution in [1.29, 1.82) is 0 Å². The van der Waals surface area contributed by atoms with Crippen molar-refractivity contribution in [2.24, 2.45) is 0 Å². The molecule has 0 aliphatic carbocycles. The summed E-state index contributed by atoms with van der Waals surface area (Å²) in [7, 11) is 4.07. The second kappa shape index (κ2) is 12.5. The highest BCUT2D eigenvalue weighted by atomic mass is 16.2. The van der Waals surface area contributed by atoms with Gasteiger partial charge in [-0.15, -0.1) is 0 Å². The lowest BCUT2D eigenvalue weighted by molar-refractivity contribution is 0.0950. The number of hydrogen-bond donors (Lipinski definition) is 4. The molecule has 37 heavy (non-hydrogen) atoms. The Morgan fingerprint density at radius 3 is 2.49 bits per heavy atom. The molecular weight excluding hydrogens is 462 g/mol. The Morgan fingerprint density at radius 2 is 1.70 bits per heavy atom. The number of fused-ring (bicyclic) bond motifs is 1. The summed E-state index contributed by atoms with van der Waals surface area (Å²) in [6, 6.07) is 21.4. The molecule has 0 spiro atoms. The minimum atomic E-state index is -0.163. The molecule has 7 heteroatoms. The number of nitrogens with zero attached hydrogens (tertiary/aromatic N) is 1. The molecule has 3 aromatic rings. The van der Waals surface area contributed by atoms with Crippen molar-refractivity contribution in [3.8, 4) is 0 Å². The van der Waals surface area contributed by atoms with Crippen LogP contribution in [0.2, 0.25) is 0 Å². The molecule has 0 radical (unpaired) electrons. The number of hydrogen-bond acceptors (Lipinski definition) is 5. The number of benzene rings is 3. The highest BCUT2D eigenvalue weighted by molar-refractivity contribution is 6.04. The van der Waals surface area contributed by atoms with Crippen LogP contribution < -0.4 is 21.3 Å². The Balaban J connectivity index is 1.30. The number of nitrogens with one attached hydrogen (secondary N) is 4. The van der Waals surface area contributed by atoms with E-state index in [0.29, 0.717) is 23.7 Å². The lowest BCUT2D eigenvalue weighted by Crippen LogP contribution is -2.26. The van der Waals surface area contributed by atoms with E-state index >= 15 is 0 Å². The molecule has 1 aliphatic heterocycles. The van der Waals surface area contributed by atoms with Gasteiger partial charge in [0.2, 0.25) is 0 Å². The molecule has 7 nitrogen and oxygen atoms in total. The van der Waals surface area contributed by atoms with Crippen LogP contribution in [0.4, 0.5) is 11.4 Å². The summed E-state index contributed by atoms with van der Waals surface area (Å²) in [5.41, 5.74) is 6.42. The molecule has 0 saturated carbocycles. The van der Waals surface area contributed by atoms with E-state index in [-0.39, 0.29) is 11.8 Å². The van der Waals surface area contributed by atoms with Crippen molar-refractivity contribution in [2.75, 3.05) is 37.8 Å². The first kappa shape index (κ1) is 26.4. The molecule has 2 amide bonds. The van der Waals surface area contributed by atoms with Crippen LogP contribution in [-0.2, 0) is 19.5 Å². The molecule has 1 aliphatic rings. The van der Waals surface area contributed by atoms with Gasteiger partial charge in [0.15, 0.2) is 0 Å². The van der Waals surface area contributed by atoms with Gasteiger partial charge in [0.1, 0.15) is 0 Å². The molecule has 4 rings (SSSR count). The summed E-state index contributed by atoms with van der Waals surface area (Å²) in [4.78, 5) is 27.8. The summed E-state index contributed by atoms with van der Waals surface area (Å²) < 4.78 is 0. The van der Waals surface area contributed by atoms with Crippen LogP contribution in [0.3, 0.4) is 0 Å². The van der Waals surface area contributed by atoms with Crippen molar-refractivity contribution >= 4 is 23.2 Å². The molecule has 1 heterocycles. The standard InChI is InChI=1S/C30H37N5O2/c1-21(31-2)13-15-32-27-10-8-24(9-11-27)29(36)33-19-22-5-4-6-25(17-22)30(37)34-28-12-7-23-14-16-35(3)20-26(23)18-28/h4-12,17-18,21,31-32H,13-16,19-20H2,1-3H3,(H,33,36)(H,34,37). The maximum Gasteiger partial charge on any atom is 0.255 e. The van der Waals surface area contributed by atoms with Gasteiger partial charge in [0, 0.05) is 54.7 Å². The number of carbonyl (C=O) groups excluding carboxylic acids is 2. The molecule has 194 valence electrons. The van der Waals surface area contributed by atoms with Gasteiger partial charge in [-0.2, -0.15) is 0 Å². The van der Waals surface area contributed by atoms with Crippen molar-refractivity contribution in [1.82, 2.24) is 15.5 Å². The third-order valence-corrected chi connectivity index (χ3v) is 6.86. The predicted molar refractivity (Wildman–Crippen MR) is 150 cm³/mol.